The zero-order valence-corrected chi connectivity index (χ0v) is 14.7. The molecule has 1 atom stereocenters. The number of benzene rings is 1. The van der Waals surface area contributed by atoms with Crippen molar-refractivity contribution in [2.24, 2.45) is 0 Å². The van der Waals surface area contributed by atoms with Crippen molar-refractivity contribution in [3.05, 3.63) is 47.4 Å². The molecular weight excluding hydrogens is 314 g/mol. The summed E-state index contributed by atoms with van der Waals surface area (Å²) in [6.07, 6.45) is 3.20. The van der Waals surface area contributed by atoms with Gasteiger partial charge in [0, 0.05) is 17.6 Å². The first-order valence-electron chi connectivity index (χ1n) is 8.88. The lowest BCUT2D eigenvalue weighted by Crippen LogP contribution is -2.46. The average molecular weight is 337 g/mol. The molecule has 0 bridgehead atoms. The van der Waals surface area contributed by atoms with Crippen LogP contribution in [-0.4, -0.2) is 43.4 Å². The Morgan fingerprint density at radius 1 is 1.28 bits per heavy atom. The third-order valence-corrected chi connectivity index (χ3v) is 5.05. The SMILES string of the molecule is Cc1cc(C)n(CC2CCCCN2C(=O)c2n[nH]c3ccccc23)n1. The number of H-pyrrole nitrogens is 1. The number of nitrogens with one attached hydrogen (secondary N) is 1. The maximum absolute atomic E-state index is 13.2. The van der Waals surface area contributed by atoms with Gasteiger partial charge in [0.2, 0.25) is 0 Å². The number of carbonyl (C=O) groups is 1. The van der Waals surface area contributed by atoms with Gasteiger partial charge >= 0.3 is 0 Å². The highest BCUT2D eigenvalue weighted by atomic mass is 16.2. The molecule has 1 fully saturated rings. The minimum Gasteiger partial charge on any atom is -0.332 e. The van der Waals surface area contributed by atoms with Gasteiger partial charge < -0.3 is 4.90 Å². The fourth-order valence-corrected chi connectivity index (χ4v) is 3.78. The van der Waals surface area contributed by atoms with Crippen molar-refractivity contribution in [1.82, 2.24) is 24.9 Å². The molecular formula is C19H23N5O. The Kier molecular flexibility index (Phi) is 4.03. The fourth-order valence-electron chi connectivity index (χ4n) is 3.78. The molecule has 1 saturated heterocycles. The minimum atomic E-state index is 0.0173. The third kappa shape index (κ3) is 2.92. The van der Waals surface area contributed by atoms with Crippen LogP contribution >= 0.6 is 0 Å². The Labute approximate surface area is 146 Å². The topological polar surface area (TPSA) is 66.8 Å². The highest BCUT2D eigenvalue weighted by molar-refractivity contribution is 6.04. The first kappa shape index (κ1) is 15.9. The number of likely N-dealkylation sites (tertiary alicyclic amines) is 1. The standard InChI is InChI=1S/C19H23N5O/c1-13-11-14(2)24(22-13)12-15-7-5-6-10-23(15)19(25)18-16-8-3-4-9-17(16)20-21-18/h3-4,8-9,11,15H,5-7,10,12H2,1-2H3,(H,20,21). The lowest BCUT2D eigenvalue weighted by molar-refractivity contribution is 0.0578. The Hall–Kier alpha value is -2.63. The molecule has 1 unspecified atom stereocenters. The number of piperidine rings is 1. The molecule has 1 amide bonds. The van der Waals surface area contributed by atoms with E-state index in [-0.39, 0.29) is 11.9 Å². The van der Waals surface area contributed by atoms with E-state index in [4.69, 9.17) is 0 Å². The van der Waals surface area contributed by atoms with E-state index in [0.717, 1.165) is 54.6 Å². The van der Waals surface area contributed by atoms with E-state index in [9.17, 15) is 4.79 Å². The minimum absolute atomic E-state index is 0.0173. The number of carbonyl (C=O) groups excluding carboxylic acids is 1. The summed E-state index contributed by atoms with van der Waals surface area (Å²) in [5.41, 5.74) is 3.58. The van der Waals surface area contributed by atoms with Gasteiger partial charge in [0.05, 0.1) is 23.8 Å². The number of nitrogens with zero attached hydrogens (tertiary/aromatic N) is 4. The second-order valence-corrected chi connectivity index (χ2v) is 6.88. The lowest BCUT2D eigenvalue weighted by atomic mass is 10.0. The number of amides is 1. The molecule has 1 aromatic carbocycles. The summed E-state index contributed by atoms with van der Waals surface area (Å²) >= 11 is 0. The number of aromatic amines is 1. The van der Waals surface area contributed by atoms with Crippen molar-refractivity contribution in [3.8, 4) is 0 Å². The van der Waals surface area contributed by atoms with E-state index in [1.807, 2.05) is 40.8 Å². The van der Waals surface area contributed by atoms with Gasteiger partial charge in [-0.15, -0.1) is 0 Å². The molecule has 130 valence electrons. The first-order chi connectivity index (χ1) is 12.1. The van der Waals surface area contributed by atoms with Crippen molar-refractivity contribution >= 4 is 16.8 Å². The maximum atomic E-state index is 13.2. The third-order valence-electron chi connectivity index (χ3n) is 5.05. The molecule has 6 heteroatoms. The van der Waals surface area contributed by atoms with Crippen molar-refractivity contribution in [2.75, 3.05) is 6.54 Å². The van der Waals surface area contributed by atoms with Crippen LogP contribution < -0.4 is 0 Å². The summed E-state index contributed by atoms with van der Waals surface area (Å²) in [5.74, 6) is 0.0173. The predicted octanol–water partition coefficient (Wildman–Crippen LogP) is 3.07. The summed E-state index contributed by atoms with van der Waals surface area (Å²) < 4.78 is 2.02. The maximum Gasteiger partial charge on any atom is 0.275 e. The van der Waals surface area contributed by atoms with Gasteiger partial charge in [-0.25, -0.2) is 0 Å². The van der Waals surface area contributed by atoms with Gasteiger partial charge in [-0.2, -0.15) is 10.2 Å². The summed E-state index contributed by atoms with van der Waals surface area (Å²) in [6.45, 7) is 5.59. The van der Waals surface area contributed by atoms with Gasteiger partial charge in [-0.3, -0.25) is 14.6 Å². The Bertz CT molecular complexity index is 910. The van der Waals surface area contributed by atoms with Gasteiger partial charge in [-0.1, -0.05) is 18.2 Å². The zero-order chi connectivity index (χ0) is 17.4. The van der Waals surface area contributed by atoms with Crippen molar-refractivity contribution in [2.45, 2.75) is 45.7 Å². The fraction of sp³-hybridized carbons (Fsp3) is 0.421. The van der Waals surface area contributed by atoms with E-state index in [2.05, 4.69) is 28.3 Å². The van der Waals surface area contributed by atoms with E-state index in [0.29, 0.717) is 5.69 Å². The second kappa shape index (κ2) is 6.35. The Morgan fingerprint density at radius 2 is 2.12 bits per heavy atom. The van der Waals surface area contributed by atoms with Crippen LogP contribution in [0.2, 0.25) is 0 Å². The molecule has 4 rings (SSSR count). The average Bonchev–Trinajstić information content (AvgIpc) is 3.18. The lowest BCUT2D eigenvalue weighted by Gasteiger charge is -2.35. The summed E-state index contributed by atoms with van der Waals surface area (Å²) in [5, 5.41) is 12.7. The molecule has 1 aliphatic heterocycles. The van der Waals surface area contributed by atoms with Gasteiger partial charge in [-0.05, 0) is 45.2 Å². The highest BCUT2D eigenvalue weighted by Gasteiger charge is 2.30. The van der Waals surface area contributed by atoms with Crippen molar-refractivity contribution in [1.29, 1.82) is 0 Å². The van der Waals surface area contributed by atoms with E-state index < -0.39 is 0 Å². The van der Waals surface area contributed by atoms with E-state index in [1.54, 1.807) is 0 Å². The molecule has 2 aromatic heterocycles. The number of rotatable bonds is 3. The molecule has 3 aromatic rings. The smallest absolute Gasteiger partial charge is 0.275 e. The van der Waals surface area contributed by atoms with Gasteiger partial charge in [0.25, 0.3) is 5.91 Å². The van der Waals surface area contributed by atoms with Crippen molar-refractivity contribution in [3.63, 3.8) is 0 Å². The van der Waals surface area contributed by atoms with Gasteiger partial charge in [0.15, 0.2) is 5.69 Å². The first-order valence-corrected chi connectivity index (χ1v) is 8.88. The second-order valence-electron chi connectivity index (χ2n) is 6.88. The van der Waals surface area contributed by atoms with Crippen LogP contribution in [0.4, 0.5) is 0 Å². The molecule has 6 nitrogen and oxygen atoms in total. The summed E-state index contributed by atoms with van der Waals surface area (Å²) in [6, 6.07) is 10.0. The molecule has 0 radical (unpaired) electrons. The quantitative estimate of drug-likeness (QED) is 0.799. The van der Waals surface area contributed by atoms with E-state index >= 15 is 0 Å². The molecule has 25 heavy (non-hydrogen) atoms. The van der Waals surface area contributed by atoms with Crippen LogP contribution in [0.25, 0.3) is 10.9 Å². The van der Waals surface area contributed by atoms with Crippen LogP contribution in [0.1, 0.15) is 41.1 Å². The molecule has 0 saturated carbocycles. The van der Waals surface area contributed by atoms with Crippen LogP contribution in [0.5, 0.6) is 0 Å². The Balaban J connectivity index is 1.62. The molecule has 1 aliphatic rings. The van der Waals surface area contributed by atoms with Gasteiger partial charge in [0.1, 0.15) is 0 Å². The summed E-state index contributed by atoms with van der Waals surface area (Å²) in [7, 11) is 0. The molecule has 0 aliphatic carbocycles. The number of aromatic nitrogens is 4. The van der Waals surface area contributed by atoms with Crippen LogP contribution in [0, 0.1) is 13.8 Å². The highest BCUT2D eigenvalue weighted by Crippen LogP contribution is 2.24. The number of hydrogen-bond acceptors (Lipinski definition) is 3. The number of para-hydroxylation sites is 1. The molecule has 0 spiro atoms. The number of fused-ring (bicyclic) bond motifs is 1. The number of hydrogen-bond donors (Lipinski definition) is 1. The monoisotopic (exact) mass is 337 g/mol. The largest absolute Gasteiger partial charge is 0.332 e. The predicted molar refractivity (Wildman–Crippen MR) is 96.5 cm³/mol. The van der Waals surface area contributed by atoms with Crippen molar-refractivity contribution < 1.29 is 4.79 Å². The normalized spacial score (nSPS) is 18.0. The molecule has 1 N–H and O–H groups in total. The van der Waals surface area contributed by atoms with Crippen LogP contribution in [0.3, 0.4) is 0 Å². The summed E-state index contributed by atoms with van der Waals surface area (Å²) in [4.78, 5) is 15.2. The Morgan fingerprint density at radius 3 is 2.92 bits per heavy atom. The van der Waals surface area contributed by atoms with Crippen LogP contribution in [0.15, 0.2) is 30.3 Å². The number of aryl methyl sites for hydroxylation is 2. The zero-order valence-electron chi connectivity index (χ0n) is 14.7. The van der Waals surface area contributed by atoms with E-state index in [1.165, 1.54) is 0 Å². The van der Waals surface area contributed by atoms with Crippen LogP contribution in [-0.2, 0) is 6.54 Å². The molecule has 3 heterocycles.